The van der Waals surface area contributed by atoms with E-state index in [9.17, 15) is 0 Å². The third kappa shape index (κ3) is 2.56. The average Bonchev–Trinajstić information content (AvgIpc) is 2.31. The number of para-hydroxylation sites is 1. The standard InChI is InChI=1S/C13H8Cl2N2O/c1-8-6-12(9(7-16)13(15)17-8)18-11-5-3-2-4-10(11)14/h2-6H,1H3. The molecule has 1 aromatic heterocycles. The summed E-state index contributed by atoms with van der Waals surface area (Å²) in [6.07, 6.45) is 0. The van der Waals surface area contributed by atoms with Crippen LogP contribution in [0.5, 0.6) is 11.5 Å². The van der Waals surface area contributed by atoms with Crippen molar-refractivity contribution in [2.45, 2.75) is 6.92 Å². The van der Waals surface area contributed by atoms with Crippen molar-refractivity contribution in [2.24, 2.45) is 0 Å². The molecule has 0 atom stereocenters. The van der Waals surface area contributed by atoms with E-state index in [1.807, 2.05) is 6.07 Å². The fourth-order valence-corrected chi connectivity index (χ4v) is 1.88. The van der Waals surface area contributed by atoms with E-state index < -0.39 is 0 Å². The zero-order valence-electron chi connectivity index (χ0n) is 9.45. The molecule has 3 nitrogen and oxygen atoms in total. The highest BCUT2D eigenvalue weighted by Crippen LogP contribution is 2.33. The number of benzene rings is 1. The van der Waals surface area contributed by atoms with Gasteiger partial charge in [0.05, 0.1) is 5.02 Å². The number of nitriles is 1. The molecule has 0 aliphatic heterocycles. The van der Waals surface area contributed by atoms with E-state index in [1.165, 1.54) is 0 Å². The Morgan fingerprint density at radius 1 is 1.22 bits per heavy atom. The van der Waals surface area contributed by atoms with Crippen LogP contribution in [-0.2, 0) is 0 Å². The minimum atomic E-state index is 0.125. The molecular formula is C13H8Cl2N2O. The first-order valence-electron chi connectivity index (χ1n) is 5.11. The zero-order valence-corrected chi connectivity index (χ0v) is 11.0. The maximum absolute atomic E-state index is 9.05. The summed E-state index contributed by atoms with van der Waals surface area (Å²) in [5, 5.41) is 9.64. The third-order valence-electron chi connectivity index (χ3n) is 2.24. The number of hydrogen-bond acceptors (Lipinski definition) is 3. The second kappa shape index (κ2) is 5.26. The maximum Gasteiger partial charge on any atom is 0.150 e. The summed E-state index contributed by atoms with van der Waals surface area (Å²) in [5.41, 5.74) is 0.864. The molecule has 1 heterocycles. The van der Waals surface area contributed by atoms with E-state index >= 15 is 0 Å². The first-order valence-corrected chi connectivity index (χ1v) is 5.87. The number of pyridine rings is 1. The molecule has 0 bridgehead atoms. The van der Waals surface area contributed by atoms with Gasteiger partial charge in [0.15, 0.2) is 5.15 Å². The Morgan fingerprint density at radius 2 is 1.94 bits per heavy atom. The molecule has 90 valence electrons. The summed E-state index contributed by atoms with van der Waals surface area (Å²) < 4.78 is 5.61. The summed E-state index contributed by atoms with van der Waals surface area (Å²) in [6.45, 7) is 1.77. The molecule has 0 aliphatic rings. The van der Waals surface area contributed by atoms with Gasteiger partial charge in [-0.2, -0.15) is 5.26 Å². The van der Waals surface area contributed by atoms with Crippen LogP contribution < -0.4 is 4.74 Å². The van der Waals surface area contributed by atoms with E-state index in [2.05, 4.69) is 4.98 Å². The Bertz CT molecular complexity index is 635. The number of ether oxygens (including phenoxy) is 1. The molecule has 0 radical (unpaired) electrons. The van der Waals surface area contributed by atoms with Gasteiger partial charge < -0.3 is 4.74 Å². The predicted molar refractivity (Wildman–Crippen MR) is 70.2 cm³/mol. The first kappa shape index (κ1) is 12.7. The van der Waals surface area contributed by atoms with Crippen LogP contribution in [0.4, 0.5) is 0 Å². The van der Waals surface area contributed by atoms with Gasteiger partial charge in [0.25, 0.3) is 0 Å². The summed E-state index contributed by atoms with van der Waals surface area (Å²) in [5.74, 6) is 0.820. The minimum Gasteiger partial charge on any atom is -0.454 e. The summed E-state index contributed by atoms with van der Waals surface area (Å²) in [7, 11) is 0. The third-order valence-corrected chi connectivity index (χ3v) is 2.82. The van der Waals surface area contributed by atoms with Crippen molar-refractivity contribution in [3.8, 4) is 17.6 Å². The van der Waals surface area contributed by atoms with Crippen molar-refractivity contribution in [1.82, 2.24) is 4.98 Å². The second-order valence-electron chi connectivity index (χ2n) is 3.57. The van der Waals surface area contributed by atoms with Crippen LogP contribution in [0, 0.1) is 18.3 Å². The SMILES string of the molecule is Cc1cc(Oc2ccccc2Cl)c(C#N)c(Cl)n1. The van der Waals surface area contributed by atoms with Gasteiger partial charge >= 0.3 is 0 Å². The molecule has 0 saturated carbocycles. The van der Waals surface area contributed by atoms with Crippen LogP contribution in [0.15, 0.2) is 30.3 Å². The summed E-state index contributed by atoms with van der Waals surface area (Å²) in [4.78, 5) is 4.00. The molecule has 0 amide bonds. The van der Waals surface area contributed by atoms with Gasteiger partial charge in [-0.1, -0.05) is 35.3 Å². The van der Waals surface area contributed by atoms with Gasteiger partial charge in [-0.25, -0.2) is 4.98 Å². The van der Waals surface area contributed by atoms with E-state index in [1.54, 1.807) is 37.3 Å². The molecule has 0 aliphatic carbocycles. The van der Waals surface area contributed by atoms with Gasteiger partial charge in [0.2, 0.25) is 0 Å². The smallest absolute Gasteiger partial charge is 0.150 e. The summed E-state index contributed by atoms with van der Waals surface area (Å²) >= 11 is 11.9. The largest absolute Gasteiger partial charge is 0.454 e. The number of nitrogens with zero attached hydrogens (tertiary/aromatic N) is 2. The van der Waals surface area contributed by atoms with Crippen LogP contribution in [0.3, 0.4) is 0 Å². The van der Waals surface area contributed by atoms with Gasteiger partial charge in [-0.05, 0) is 19.1 Å². The number of rotatable bonds is 2. The van der Waals surface area contributed by atoms with Gasteiger partial charge in [-0.3, -0.25) is 0 Å². The molecule has 0 N–H and O–H groups in total. The number of aromatic nitrogens is 1. The highest BCUT2D eigenvalue weighted by atomic mass is 35.5. The van der Waals surface area contributed by atoms with Crippen LogP contribution in [0.2, 0.25) is 10.2 Å². The lowest BCUT2D eigenvalue weighted by atomic mass is 10.2. The topological polar surface area (TPSA) is 45.9 Å². The Kier molecular flexibility index (Phi) is 3.71. The van der Waals surface area contributed by atoms with E-state index in [4.69, 9.17) is 33.2 Å². The van der Waals surface area contributed by atoms with Gasteiger partial charge in [-0.15, -0.1) is 0 Å². The minimum absolute atomic E-state index is 0.125. The maximum atomic E-state index is 9.05. The molecule has 0 spiro atoms. The van der Waals surface area contributed by atoms with Crippen molar-refractivity contribution in [2.75, 3.05) is 0 Å². The average molecular weight is 279 g/mol. The van der Waals surface area contributed by atoms with Crippen LogP contribution in [0.1, 0.15) is 11.3 Å². The van der Waals surface area contributed by atoms with Crippen molar-refractivity contribution in [3.63, 3.8) is 0 Å². The highest BCUT2D eigenvalue weighted by molar-refractivity contribution is 6.32. The van der Waals surface area contributed by atoms with E-state index in [0.29, 0.717) is 22.2 Å². The molecule has 0 saturated heterocycles. The van der Waals surface area contributed by atoms with Gasteiger partial charge in [0, 0.05) is 11.8 Å². The van der Waals surface area contributed by atoms with Crippen LogP contribution in [0.25, 0.3) is 0 Å². The number of hydrogen-bond donors (Lipinski definition) is 0. The van der Waals surface area contributed by atoms with Crippen molar-refractivity contribution < 1.29 is 4.74 Å². The lowest BCUT2D eigenvalue weighted by Crippen LogP contribution is -1.94. The fraction of sp³-hybridized carbons (Fsp3) is 0.0769. The number of halogens is 2. The predicted octanol–water partition coefficient (Wildman–Crippen LogP) is 4.36. The normalized spacial score (nSPS) is 9.89. The van der Waals surface area contributed by atoms with Gasteiger partial charge in [0.1, 0.15) is 23.1 Å². The summed E-state index contributed by atoms with van der Waals surface area (Å²) in [6, 6.07) is 10.6. The van der Waals surface area contributed by atoms with E-state index in [0.717, 1.165) is 0 Å². The first-order chi connectivity index (χ1) is 8.61. The quantitative estimate of drug-likeness (QED) is 0.767. The zero-order chi connectivity index (χ0) is 13.1. The molecule has 5 heteroatoms. The molecule has 2 aromatic rings. The molecule has 1 aromatic carbocycles. The van der Waals surface area contributed by atoms with Crippen molar-refractivity contribution in [3.05, 3.63) is 51.8 Å². The Morgan fingerprint density at radius 3 is 2.61 bits per heavy atom. The van der Waals surface area contributed by atoms with Crippen LogP contribution >= 0.6 is 23.2 Å². The fourth-order valence-electron chi connectivity index (χ4n) is 1.43. The number of aryl methyl sites for hydroxylation is 1. The van der Waals surface area contributed by atoms with Crippen LogP contribution in [-0.4, -0.2) is 4.98 Å². The molecule has 0 unspecified atom stereocenters. The lowest BCUT2D eigenvalue weighted by Gasteiger charge is -2.10. The second-order valence-corrected chi connectivity index (χ2v) is 4.34. The molecule has 0 fully saturated rings. The molecule has 2 rings (SSSR count). The molecule has 18 heavy (non-hydrogen) atoms. The highest BCUT2D eigenvalue weighted by Gasteiger charge is 2.12. The lowest BCUT2D eigenvalue weighted by molar-refractivity contribution is 0.480. The Labute approximate surface area is 115 Å². The molecular weight excluding hydrogens is 271 g/mol. The van der Waals surface area contributed by atoms with E-state index in [-0.39, 0.29) is 10.7 Å². The Hall–Kier alpha value is -1.76. The Balaban J connectivity index is 2.47. The van der Waals surface area contributed by atoms with Crippen molar-refractivity contribution >= 4 is 23.2 Å². The monoisotopic (exact) mass is 278 g/mol. The van der Waals surface area contributed by atoms with Crippen molar-refractivity contribution in [1.29, 1.82) is 5.26 Å².